The lowest BCUT2D eigenvalue weighted by atomic mass is 9.91. The van der Waals surface area contributed by atoms with Crippen LogP contribution in [0.3, 0.4) is 0 Å². The minimum atomic E-state index is -2.08. The molecule has 0 aliphatic carbocycles. The fraction of sp³-hybridized carbons (Fsp3) is 0.947. The Kier molecular flexibility index (Phi) is 20.0. The van der Waals surface area contributed by atoms with Gasteiger partial charge in [0, 0.05) is 55.7 Å². The molecule has 5 aliphatic heterocycles. The van der Waals surface area contributed by atoms with Crippen molar-refractivity contribution in [3.63, 3.8) is 0 Å². The van der Waals surface area contributed by atoms with E-state index in [9.17, 15) is 55.5 Å². The number of aliphatic carboxylic acids is 2. The highest BCUT2D eigenvalue weighted by Crippen LogP contribution is 2.39. The maximum Gasteiger partial charge on any atom is 0.335 e. The van der Waals surface area contributed by atoms with Crippen LogP contribution in [0.15, 0.2) is 0 Å². The summed E-state index contributed by atoms with van der Waals surface area (Å²) >= 11 is 0. The van der Waals surface area contributed by atoms with Crippen LogP contribution in [0, 0.1) is 5.92 Å². The van der Waals surface area contributed by atoms with Gasteiger partial charge in [-0.25, -0.2) is 9.59 Å². The van der Waals surface area contributed by atoms with Crippen molar-refractivity contribution in [3.8, 4) is 0 Å². The second-order valence-electron chi connectivity index (χ2n) is 15.9. The van der Waals surface area contributed by atoms with E-state index >= 15 is 0 Å². The molecule has 9 N–H and O–H groups in total. The number of aliphatic hydroxyl groups is 7. The maximum absolute atomic E-state index is 12.8. The molecule has 27 nitrogen and oxygen atoms in total. The van der Waals surface area contributed by atoms with Gasteiger partial charge in [-0.3, -0.25) is 0 Å². The molecule has 5 heterocycles. The van der Waals surface area contributed by atoms with Crippen LogP contribution >= 0.6 is 0 Å². The van der Waals surface area contributed by atoms with Crippen molar-refractivity contribution < 1.29 is 131 Å². The molecule has 27 heteroatoms. The van der Waals surface area contributed by atoms with Gasteiger partial charge in [0.1, 0.15) is 97.7 Å². The van der Waals surface area contributed by atoms with Crippen molar-refractivity contribution in [2.24, 2.45) is 5.92 Å². The standard InChI is InChI=1S/C38H64O27/c1-12-20(50-2)23(51-3)15(11-41)57-34(12)62-26-24(52-4)30(54-6)37(64-28(26)32(46)47)61-22-14(10-40)59-36(19(45)17(22)43)63-27-25(53-5)31(55-7)38(65-29(27)33(48)49)60-21-13(9-39)58-35(56-8)18(44)16(21)42/h12-31,34-45H,9-11H2,1-8H3,(H,46,47)(H,48,49)/t12?,13?,14-,15?,16+,17?,18?,19?,20+,21+,22+,23?,24-,25?,26-,27-,28?,29+,30?,31?,34-,35-,36+,37+,38-/m0/s1. The predicted octanol–water partition coefficient (Wildman–Crippen LogP) is -5.89. The summed E-state index contributed by atoms with van der Waals surface area (Å²) in [5.41, 5.74) is 0. The zero-order chi connectivity index (χ0) is 48.0. The molecule has 25 atom stereocenters. The minimum Gasteiger partial charge on any atom is -0.479 e. The summed E-state index contributed by atoms with van der Waals surface area (Å²) in [6.07, 6.45) is -36.3. The maximum atomic E-state index is 12.8. The molecule has 0 amide bonds. The molecule has 11 unspecified atom stereocenters. The molecule has 0 bridgehead atoms. The number of carbonyl (C=O) groups is 2. The second kappa shape index (κ2) is 24.0. The topological polar surface area (TPSA) is 364 Å². The molecule has 5 saturated heterocycles. The molecule has 0 aromatic heterocycles. The number of hydrogen-bond donors (Lipinski definition) is 9. The van der Waals surface area contributed by atoms with E-state index in [1.54, 1.807) is 6.92 Å². The number of carboxylic acids is 2. The highest BCUT2D eigenvalue weighted by molar-refractivity contribution is 5.74. The molecule has 5 fully saturated rings. The van der Waals surface area contributed by atoms with Gasteiger partial charge >= 0.3 is 11.9 Å². The largest absolute Gasteiger partial charge is 0.479 e. The number of carboxylic acid groups (broad SMARTS) is 2. The Morgan fingerprint density at radius 3 is 1.09 bits per heavy atom. The summed E-state index contributed by atoms with van der Waals surface area (Å²) in [5, 5.41) is 95.6. The predicted molar refractivity (Wildman–Crippen MR) is 204 cm³/mol. The Morgan fingerprint density at radius 2 is 0.723 bits per heavy atom. The first-order valence-corrected chi connectivity index (χ1v) is 20.6. The summed E-state index contributed by atoms with van der Waals surface area (Å²) in [7, 11) is 8.86. The monoisotopic (exact) mass is 952 g/mol. The third-order valence-electron chi connectivity index (χ3n) is 12.3. The molecule has 378 valence electrons. The lowest BCUT2D eigenvalue weighted by Crippen LogP contribution is -2.69. The van der Waals surface area contributed by atoms with Crippen LogP contribution in [0.2, 0.25) is 0 Å². The Balaban J connectivity index is 1.33. The molecular formula is C38H64O27. The molecular weight excluding hydrogens is 888 g/mol. The Labute approximate surface area is 373 Å². The number of hydrogen-bond acceptors (Lipinski definition) is 25. The first kappa shape index (κ1) is 54.0. The van der Waals surface area contributed by atoms with Crippen LogP contribution in [-0.4, -0.2) is 275 Å². The first-order chi connectivity index (χ1) is 31.0. The number of methoxy groups -OCH3 is 7. The van der Waals surface area contributed by atoms with Crippen molar-refractivity contribution >= 4 is 11.9 Å². The molecule has 0 spiro atoms. The molecule has 5 aliphatic rings. The van der Waals surface area contributed by atoms with Crippen LogP contribution in [0.4, 0.5) is 0 Å². The van der Waals surface area contributed by atoms with Gasteiger partial charge in [0.15, 0.2) is 43.7 Å². The fourth-order valence-corrected chi connectivity index (χ4v) is 8.91. The van der Waals surface area contributed by atoms with Gasteiger partial charge in [-0.2, -0.15) is 0 Å². The SMILES string of the molecule is COC1C(OC)[C@H](O[C@H]2O[C@@H](CO)[C@@H](O[C@@H]3OC(C(=O)O)[C@@H](O[C@@H]4OC(CO)C(OC)[C@H](OC)C4C)[C@H](OC)C3OC)C(O)C2O)[C@H](C(=O)O)O[C@@H]1O[C@@H]1C(CO)O[C@H](OC)C(O)[C@H]1O. The van der Waals surface area contributed by atoms with E-state index < -0.39 is 185 Å². The number of aliphatic hydroxyl groups excluding tert-OH is 7. The molecule has 0 saturated carbocycles. The van der Waals surface area contributed by atoms with Crippen LogP contribution in [0.1, 0.15) is 6.92 Å². The van der Waals surface area contributed by atoms with Gasteiger partial charge in [0.2, 0.25) is 0 Å². The molecule has 5 rings (SSSR count). The van der Waals surface area contributed by atoms with Gasteiger partial charge in [0.25, 0.3) is 0 Å². The van der Waals surface area contributed by atoms with Gasteiger partial charge < -0.3 is 122 Å². The zero-order valence-corrected chi connectivity index (χ0v) is 36.9. The minimum absolute atomic E-state index is 0.490. The summed E-state index contributed by atoms with van der Waals surface area (Å²) in [6.45, 7) is -0.436. The second-order valence-corrected chi connectivity index (χ2v) is 15.9. The van der Waals surface area contributed by atoms with Crippen molar-refractivity contribution in [1.29, 1.82) is 0 Å². The Morgan fingerprint density at radius 1 is 0.385 bits per heavy atom. The van der Waals surface area contributed by atoms with Gasteiger partial charge in [0.05, 0.1) is 25.9 Å². The molecule has 0 aromatic rings. The normalized spacial score (nSPS) is 47.3. The zero-order valence-electron chi connectivity index (χ0n) is 36.9. The van der Waals surface area contributed by atoms with Gasteiger partial charge in [-0.1, -0.05) is 6.92 Å². The summed E-state index contributed by atoms with van der Waals surface area (Å²) in [6, 6.07) is 0. The number of ether oxygens (including phenoxy) is 16. The quantitative estimate of drug-likeness (QED) is 0.0549. The Bertz CT molecular complexity index is 1480. The van der Waals surface area contributed by atoms with Crippen molar-refractivity contribution in [3.05, 3.63) is 0 Å². The third kappa shape index (κ3) is 11.1. The Hall–Kier alpha value is -1.98. The summed E-state index contributed by atoms with van der Waals surface area (Å²) in [4.78, 5) is 25.5. The summed E-state index contributed by atoms with van der Waals surface area (Å²) < 4.78 is 91.7. The molecule has 0 aromatic carbocycles. The van der Waals surface area contributed by atoms with Gasteiger partial charge in [-0.05, 0) is 0 Å². The van der Waals surface area contributed by atoms with Gasteiger partial charge in [-0.15, -0.1) is 0 Å². The van der Waals surface area contributed by atoms with Crippen molar-refractivity contribution in [2.45, 2.75) is 154 Å². The highest BCUT2D eigenvalue weighted by atomic mass is 16.8. The first-order valence-electron chi connectivity index (χ1n) is 20.6. The van der Waals surface area contributed by atoms with Crippen LogP contribution in [-0.2, 0) is 85.4 Å². The number of rotatable bonds is 20. The van der Waals surface area contributed by atoms with Crippen LogP contribution in [0.25, 0.3) is 0 Å². The highest BCUT2D eigenvalue weighted by Gasteiger charge is 2.59. The van der Waals surface area contributed by atoms with Crippen LogP contribution < -0.4 is 0 Å². The molecule has 0 radical (unpaired) electrons. The van der Waals surface area contributed by atoms with E-state index in [-0.39, 0.29) is 0 Å². The van der Waals surface area contributed by atoms with Crippen molar-refractivity contribution in [1.82, 2.24) is 0 Å². The molecule has 65 heavy (non-hydrogen) atoms. The third-order valence-corrected chi connectivity index (χ3v) is 12.3. The average Bonchev–Trinajstić information content (AvgIpc) is 3.30. The van der Waals surface area contributed by atoms with E-state index in [0.29, 0.717) is 0 Å². The van der Waals surface area contributed by atoms with E-state index in [1.807, 2.05) is 0 Å². The van der Waals surface area contributed by atoms with E-state index in [0.717, 1.165) is 7.11 Å². The lowest BCUT2D eigenvalue weighted by Gasteiger charge is -2.50. The van der Waals surface area contributed by atoms with E-state index in [4.69, 9.17) is 75.8 Å². The fourth-order valence-electron chi connectivity index (χ4n) is 8.91. The van der Waals surface area contributed by atoms with E-state index in [1.165, 1.54) is 42.7 Å². The smallest absolute Gasteiger partial charge is 0.335 e. The average molecular weight is 953 g/mol. The van der Waals surface area contributed by atoms with Crippen LogP contribution in [0.5, 0.6) is 0 Å². The lowest BCUT2D eigenvalue weighted by molar-refractivity contribution is -0.390. The summed E-state index contributed by atoms with van der Waals surface area (Å²) in [5.74, 6) is -3.78. The van der Waals surface area contributed by atoms with Crippen molar-refractivity contribution in [2.75, 3.05) is 69.6 Å². The van der Waals surface area contributed by atoms with E-state index in [2.05, 4.69) is 0 Å².